The molecule has 0 aromatic carbocycles. The lowest BCUT2D eigenvalue weighted by Crippen LogP contribution is -2.63. The third-order valence-corrected chi connectivity index (χ3v) is 10.5. The van der Waals surface area contributed by atoms with Gasteiger partial charge in [0.25, 0.3) is 0 Å². The fourth-order valence-corrected chi connectivity index (χ4v) is 7.71. The van der Waals surface area contributed by atoms with E-state index >= 15 is 0 Å². The van der Waals surface area contributed by atoms with Gasteiger partial charge in [-0.15, -0.1) is 0 Å². The first-order valence-electron chi connectivity index (χ1n) is 12.7. The number of rotatable bonds is 18. The third kappa shape index (κ3) is 8.36. The van der Waals surface area contributed by atoms with Crippen molar-refractivity contribution in [2.45, 2.75) is 153 Å². The van der Waals surface area contributed by atoms with Gasteiger partial charge < -0.3 is 9.84 Å². The monoisotopic (exact) mass is 426 g/mol. The van der Waals surface area contributed by atoms with Crippen molar-refractivity contribution in [1.29, 1.82) is 0 Å². The Morgan fingerprint density at radius 1 is 0.862 bits per heavy atom. The van der Waals surface area contributed by atoms with Gasteiger partial charge in [-0.05, 0) is 12.8 Å². The number of carbonyl (C=O) groups excluding carboxylic acids is 1. The summed E-state index contributed by atoms with van der Waals surface area (Å²) >= 11 is 0. The fourth-order valence-electron chi connectivity index (χ4n) is 4.97. The smallest absolute Gasteiger partial charge is 0.313 e. The number of aliphatic hydroxyl groups excluding tert-OH is 1. The predicted molar refractivity (Wildman–Crippen MR) is 127 cm³/mol. The average Bonchev–Trinajstić information content (AvgIpc) is 2.65. The minimum Gasteiger partial charge on any atom is -0.461 e. The first-order valence-corrected chi connectivity index (χ1v) is 16.2. The quantitative estimate of drug-likeness (QED) is 0.139. The van der Waals surface area contributed by atoms with Gasteiger partial charge in [0.1, 0.15) is 6.10 Å². The zero-order valence-corrected chi connectivity index (χ0v) is 21.2. The van der Waals surface area contributed by atoms with Gasteiger partial charge in [-0.3, -0.25) is 4.79 Å². The molecule has 0 unspecified atom stereocenters. The van der Waals surface area contributed by atoms with Crippen LogP contribution in [0.3, 0.4) is 0 Å². The maximum absolute atomic E-state index is 12.6. The van der Waals surface area contributed by atoms with Crippen LogP contribution in [0.1, 0.15) is 117 Å². The van der Waals surface area contributed by atoms with E-state index in [-0.39, 0.29) is 23.2 Å². The van der Waals surface area contributed by atoms with Crippen LogP contribution in [0, 0.1) is 0 Å². The summed E-state index contributed by atoms with van der Waals surface area (Å²) in [5.41, 5.74) is 0. The topological polar surface area (TPSA) is 46.5 Å². The van der Waals surface area contributed by atoms with Gasteiger partial charge in [0.05, 0.1) is 19.2 Å². The Balaban J connectivity index is 2.35. The lowest BCUT2D eigenvalue weighted by atomic mass is 9.85. The van der Waals surface area contributed by atoms with Crippen molar-refractivity contribution in [3.63, 3.8) is 0 Å². The predicted octanol–water partition coefficient (Wildman–Crippen LogP) is 7.63. The zero-order chi connectivity index (χ0) is 21.8. The van der Waals surface area contributed by atoms with E-state index in [1.165, 1.54) is 70.6 Å². The van der Waals surface area contributed by atoms with E-state index in [2.05, 4.69) is 33.5 Å². The molecular weight excluding hydrogens is 376 g/mol. The lowest BCUT2D eigenvalue weighted by molar-refractivity contribution is -0.186. The molecule has 0 spiro atoms. The van der Waals surface area contributed by atoms with Crippen molar-refractivity contribution >= 4 is 14.0 Å². The Hall–Kier alpha value is -0.353. The molecule has 1 N–H and O–H groups in total. The van der Waals surface area contributed by atoms with Gasteiger partial charge >= 0.3 is 5.97 Å². The molecule has 0 radical (unpaired) electrons. The first kappa shape index (κ1) is 26.7. The van der Waals surface area contributed by atoms with Crippen molar-refractivity contribution in [2.24, 2.45) is 0 Å². The fraction of sp³-hybridized carbons (Fsp3) is 0.960. The van der Waals surface area contributed by atoms with Gasteiger partial charge in [0.2, 0.25) is 0 Å². The summed E-state index contributed by atoms with van der Waals surface area (Å²) in [6, 6.07) is 0. The molecule has 1 aliphatic rings. The third-order valence-electron chi connectivity index (χ3n) is 7.05. The molecular formula is C25H50O3Si. The van der Waals surface area contributed by atoms with Crippen LogP contribution in [-0.4, -0.2) is 31.4 Å². The number of carbonyl (C=O) groups is 1. The number of aliphatic hydroxyl groups is 1. The Morgan fingerprint density at radius 3 is 1.83 bits per heavy atom. The van der Waals surface area contributed by atoms with E-state index in [4.69, 9.17) is 4.74 Å². The minimum absolute atomic E-state index is 0.0217. The van der Waals surface area contributed by atoms with Crippen LogP contribution in [0.2, 0.25) is 24.7 Å². The zero-order valence-electron chi connectivity index (χ0n) is 20.2. The summed E-state index contributed by atoms with van der Waals surface area (Å²) in [6.07, 6.45) is 18.5. The second-order valence-corrected chi connectivity index (χ2v) is 15.8. The van der Waals surface area contributed by atoms with Gasteiger partial charge in [0, 0.05) is 6.42 Å². The van der Waals surface area contributed by atoms with Gasteiger partial charge in [-0.2, -0.15) is 0 Å². The average molecular weight is 427 g/mol. The Morgan fingerprint density at radius 2 is 1.34 bits per heavy atom. The van der Waals surface area contributed by atoms with Crippen molar-refractivity contribution in [3.8, 4) is 0 Å². The Bertz CT molecular complexity index is 446. The number of hydrogen-bond donors (Lipinski definition) is 1. The van der Waals surface area contributed by atoms with Crippen LogP contribution in [0.25, 0.3) is 0 Å². The molecule has 1 rings (SSSR count). The molecule has 0 aromatic heterocycles. The van der Waals surface area contributed by atoms with Gasteiger partial charge in [-0.1, -0.05) is 117 Å². The van der Waals surface area contributed by atoms with Crippen LogP contribution in [0.4, 0.5) is 0 Å². The molecule has 3 atom stereocenters. The summed E-state index contributed by atoms with van der Waals surface area (Å²) in [6.45, 7) is 11.4. The van der Waals surface area contributed by atoms with Gasteiger partial charge in [0.15, 0.2) is 0 Å². The van der Waals surface area contributed by atoms with Crippen molar-refractivity contribution in [2.75, 3.05) is 0 Å². The summed E-state index contributed by atoms with van der Waals surface area (Å²) < 4.78 is 5.64. The molecule has 172 valence electrons. The molecule has 4 heteroatoms. The number of hydrogen-bond acceptors (Lipinski definition) is 3. The highest BCUT2D eigenvalue weighted by atomic mass is 28.3. The number of cyclic esters (lactones) is 1. The Kier molecular flexibility index (Phi) is 12.7. The highest BCUT2D eigenvalue weighted by molar-refractivity contribution is 6.83. The van der Waals surface area contributed by atoms with Crippen molar-refractivity contribution in [1.82, 2.24) is 0 Å². The van der Waals surface area contributed by atoms with E-state index in [0.717, 1.165) is 25.7 Å². The molecule has 0 amide bonds. The van der Waals surface area contributed by atoms with E-state index in [9.17, 15) is 9.90 Å². The standard InChI is InChI=1S/C25H50O3Si/c1-6-8-10-12-13-14-15-16-17-19-22(26)21-23-25(24(27)28-23,29(3,4)5)20-18-11-9-7-2/h22-23,26H,6-21H2,1-5H3/t22-,23+,25-/m1/s1. The maximum Gasteiger partial charge on any atom is 0.313 e. The molecule has 1 saturated heterocycles. The van der Waals surface area contributed by atoms with Crippen LogP contribution in [0.15, 0.2) is 0 Å². The molecule has 29 heavy (non-hydrogen) atoms. The number of esters is 1. The normalized spacial score (nSPS) is 23.0. The first-order chi connectivity index (χ1) is 13.8. The second kappa shape index (κ2) is 13.9. The lowest BCUT2D eigenvalue weighted by Gasteiger charge is -2.54. The second-order valence-electron chi connectivity index (χ2n) is 10.4. The summed E-state index contributed by atoms with van der Waals surface area (Å²) in [4.78, 5) is 12.6. The van der Waals surface area contributed by atoms with Crippen LogP contribution in [0.5, 0.6) is 0 Å². The largest absolute Gasteiger partial charge is 0.461 e. The SMILES string of the molecule is CCCCCCCCCCC[C@@H](O)C[C@@H]1OC(=O)[C@]1(CCCCCC)[Si](C)(C)C. The number of unbranched alkanes of at least 4 members (excludes halogenated alkanes) is 11. The van der Waals surface area contributed by atoms with Crippen LogP contribution in [-0.2, 0) is 9.53 Å². The minimum atomic E-state index is -1.73. The van der Waals surface area contributed by atoms with Crippen LogP contribution < -0.4 is 0 Å². The Labute approximate surface area is 182 Å². The van der Waals surface area contributed by atoms with Crippen molar-refractivity contribution in [3.05, 3.63) is 0 Å². The number of ether oxygens (including phenoxy) is 1. The maximum atomic E-state index is 12.6. The van der Waals surface area contributed by atoms with E-state index in [1.807, 2.05) is 0 Å². The molecule has 1 aliphatic heterocycles. The summed E-state index contributed by atoms with van der Waals surface area (Å²) in [5.74, 6) is 0.0217. The molecule has 1 heterocycles. The molecule has 0 aliphatic carbocycles. The summed E-state index contributed by atoms with van der Waals surface area (Å²) in [7, 11) is -1.73. The summed E-state index contributed by atoms with van der Waals surface area (Å²) in [5, 5.41) is 10.3. The van der Waals surface area contributed by atoms with E-state index in [0.29, 0.717) is 6.42 Å². The van der Waals surface area contributed by atoms with Gasteiger partial charge in [-0.25, -0.2) is 0 Å². The van der Waals surface area contributed by atoms with Crippen LogP contribution >= 0.6 is 0 Å². The highest BCUT2D eigenvalue weighted by Crippen LogP contribution is 2.56. The molecule has 0 saturated carbocycles. The molecule has 0 aromatic rings. The highest BCUT2D eigenvalue weighted by Gasteiger charge is 2.64. The molecule has 1 fully saturated rings. The molecule has 3 nitrogen and oxygen atoms in total. The van der Waals surface area contributed by atoms with E-state index in [1.54, 1.807) is 0 Å². The van der Waals surface area contributed by atoms with E-state index < -0.39 is 8.07 Å². The molecule has 0 bridgehead atoms. The van der Waals surface area contributed by atoms with Crippen molar-refractivity contribution < 1.29 is 14.6 Å².